The maximum atomic E-state index is 5.99. The van der Waals surface area contributed by atoms with E-state index in [9.17, 15) is 0 Å². The van der Waals surface area contributed by atoms with Gasteiger partial charge in [-0.1, -0.05) is 31.7 Å². The van der Waals surface area contributed by atoms with Crippen LogP contribution in [0.1, 0.15) is 42.3 Å². The Hall–Kier alpha value is -1.55. The molecule has 0 aliphatic carbocycles. The van der Waals surface area contributed by atoms with Crippen LogP contribution in [0.4, 0.5) is 5.82 Å². The van der Waals surface area contributed by atoms with E-state index in [1.807, 2.05) is 13.1 Å². The van der Waals surface area contributed by atoms with E-state index in [2.05, 4.69) is 49.8 Å². The number of aryl methyl sites for hydroxylation is 3. The van der Waals surface area contributed by atoms with Crippen molar-refractivity contribution in [3.8, 4) is 0 Å². The van der Waals surface area contributed by atoms with Gasteiger partial charge in [-0.05, 0) is 49.4 Å². The zero-order chi connectivity index (χ0) is 14.9. The number of nitrogens with two attached hydrogens (primary N) is 1. The predicted octanol–water partition coefficient (Wildman–Crippen LogP) is 4.26. The van der Waals surface area contributed by atoms with Crippen LogP contribution in [0.25, 0.3) is 0 Å². The molecular weight excluding hydrogens is 266 g/mol. The number of rotatable bonds is 3. The van der Waals surface area contributed by atoms with Crippen LogP contribution >= 0.6 is 11.8 Å². The molecular formula is C16H21N3S. The lowest BCUT2D eigenvalue weighted by Crippen LogP contribution is -1.99. The summed E-state index contributed by atoms with van der Waals surface area (Å²) in [6, 6.07) is 4.50. The SMILES string of the molecule is Cc1ncc(Sc2cc(C)c(C)cc2C(C)C)c(N)n1. The monoisotopic (exact) mass is 287 g/mol. The lowest BCUT2D eigenvalue weighted by Gasteiger charge is -2.15. The van der Waals surface area contributed by atoms with E-state index in [-0.39, 0.29) is 0 Å². The van der Waals surface area contributed by atoms with Crippen LogP contribution in [-0.4, -0.2) is 9.97 Å². The van der Waals surface area contributed by atoms with E-state index in [1.165, 1.54) is 21.6 Å². The number of nitrogens with zero attached hydrogens (tertiary/aromatic N) is 2. The largest absolute Gasteiger partial charge is 0.383 e. The van der Waals surface area contributed by atoms with Crippen LogP contribution in [0.5, 0.6) is 0 Å². The molecule has 20 heavy (non-hydrogen) atoms. The zero-order valence-electron chi connectivity index (χ0n) is 12.7. The number of anilines is 1. The molecule has 0 aliphatic heterocycles. The van der Waals surface area contributed by atoms with Gasteiger partial charge < -0.3 is 5.73 Å². The van der Waals surface area contributed by atoms with Crippen molar-refractivity contribution in [2.24, 2.45) is 0 Å². The van der Waals surface area contributed by atoms with E-state index in [1.54, 1.807) is 11.8 Å². The summed E-state index contributed by atoms with van der Waals surface area (Å²) in [5.74, 6) is 1.73. The molecule has 1 aromatic heterocycles. The van der Waals surface area contributed by atoms with Gasteiger partial charge in [-0.15, -0.1) is 0 Å². The summed E-state index contributed by atoms with van der Waals surface area (Å²) in [6.45, 7) is 10.6. The van der Waals surface area contributed by atoms with E-state index >= 15 is 0 Å². The molecule has 0 spiro atoms. The van der Waals surface area contributed by atoms with Crippen molar-refractivity contribution in [3.05, 3.63) is 40.8 Å². The highest BCUT2D eigenvalue weighted by Crippen LogP contribution is 2.37. The molecule has 106 valence electrons. The van der Waals surface area contributed by atoms with Crippen LogP contribution in [0, 0.1) is 20.8 Å². The molecule has 0 unspecified atom stereocenters. The number of aromatic nitrogens is 2. The van der Waals surface area contributed by atoms with Crippen LogP contribution in [0.3, 0.4) is 0 Å². The molecule has 0 fully saturated rings. The van der Waals surface area contributed by atoms with Gasteiger partial charge in [0.1, 0.15) is 11.6 Å². The van der Waals surface area contributed by atoms with Crippen molar-refractivity contribution in [2.45, 2.75) is 50.3 Å². The van der Waals surface area contributed by atoms with Gasteiger partial charge in [0.2, 0.25) is 0 Å². The van der Waals surface area contributed by atoms with Crippen LogP contribution in [0.2, 0.25) is 0 Å². The molecule has 2 N–H and O–H groups in total. The molecule has 0 atom stereocenters. The topological polar surface area (TPSA) is 51.8 Å². The highest BCUT2D eigenvalue weighted by atomic mass is 32.2. The minimum atomic E-state index is 0.476. The average Bonchev–Trinajstić information content (AvgIpc) is 2.36. The van der Waals surface area contributed by atoms with Crippen molar-refractivity contribution < 1.29 is 0 Å². The van der Waals surface area contributed by atoms with Crippen LogP contribution in [-0.2, 0) is 0 Å². The van der Waals surface area contributed by atoms with Gasteiger partial charge in [0.15, 0.2) is 0 Å². The second-order valence-corrected chi connectivity index (χ2v) is 6.48. The molecule has 2 rings (SSSR count). The summed E-state index contributed by atoms with van der Waals surface area (Å²) in [6.07, 6.45) is 1.81. The summed E-state index contributed by atoms with van der Waals surface area (Å²) in [5, 5.41) is 0. The molecule has 2 aromatic rings. The molecule has 0 saturated carbocycles. The predicted molar refractivity (Wildman–Crippen MR) is 85.3 cm³/mol. The molecule has 4 heteroatoms. The highest BCUT2D eigenvalue weighted by molar-refractivity contribution is 7.99. The van der Waals surface area contributed by atoms with Crippen molar-refractivity contribution in [1.82, 2.24) is 9.97 Å². The third-order valence-electron chi connectivity index (χ3n) is 3.37. The normalized spacial score (nSPS) is 11.1. The lowest BCUT2D eigenvalue weighted by atomic mass is 9.98. The Morgan fingerprint density at radius 2 is 1.70 bits per heavy atom. The number of benzene rings is 1. The third kappa shape index (κ3) is 3.12. The molecule has 0 bridgehead atoms. The Morgan fingerprint density at radius 1 is 1.05 bits per heavy atom. The minimum absolute atomic E-state index is 0.476. The fraction of sp³-hybridized carbons (Fsp3) is 0.375. The fourth-order valence-corrected chi connectivity index (χ4v) is 3.17. The zero-order valence-corrected chi connectivity index (χ0v) is 13.5. The highest BCUT2D eigenvalue weighted by Gasteiger charge is 2.12. The molecule has 1 heterocycles. The Morgan fingerprint density at radius 3 is 2.30 bits per heavy atom. The van der Waals surface area contributed by atoms with Gasteiger partial charge >= 0.3 is 0 Å². The quantitative estimate of drug-likeness (QED) is 0.916. The summed E-state index contributed by atoms with van der Waals surface area (Å²) in [7, 11) is 0. The maximum absolute atomic E-state index is 5.99. The van der Waals surface area contributed by atoms with Crippen molar-refractivity contribution in [3.63, 3.8) is 0 Å². The Bertz CT molecular complexity index is 636. The van der Waals surface area contributed by atoms with E-state index in [4.69, 9.17) is 5.73 Å². The van der Waals surface area contributed by atoms with E-state index < -0.39 is 0 Å². The molecule has 0 radical (unpaired) electrons. The Balaban J connectivity index is 2.44. The molecule has 0 aliphatic rings. The molecule has 0 amide bonds. The lowest BCUT2D eigenvalue weighted by molar-refractivity contribution is 0.838. The van der Waals surface area contributed by atoms with Gasteiger partial charge in [-0.3, -0.25) is 0 Å². The van der Waals surface area contributed by atoms with Crippen molar-refractivity contribution in [2.75, 3.05) is 5.73 Å². The summed E-state index contributed by atoms with van der Waals surface area (Å²) < 4.78 is 0. The first-order chi connectivity index (χ1) is 9.38. The van der Waals surface area contributed by atoms with Crippen LogP contribution in [0.15, 0.2) is 28.1 Å². The summed E-state index contributed by atoms with van der Waals surface area (Å²) in [4.78, 5) is 10.6. The van der Waals surface area contributed by atoms with E-state index in [0.29, 0.717) is 17.6 Å². The number of nitrogen functional groups attached to an aromatic ring is 1. The second-order valence-electron chi connectivity index (χ2n) is 5.40. The van der Waals surface area contributed by atoms with Gasteiger partial charge in [-0.25, -0.2) is 9.97 Å². The van der Waals surface area contributed by atoms with Gasteiger partial charge in [-0.2, -0.15) is 0 Å². The third-order valence-corrected chi connectivity index (χ3v) is 4.48. The Labute approximate surface area is 125 Å². The first-order valence-corrected chi connectivity index (χ1v) is 7.58. The molecule has 3 nitrogen and oxygen atoms in total. The summed E-state index contributed by atoms with van der Waals surface area (Å²) >= 11 is 1.65. The smallest absolute Gasteiger partial charge is 0.141 e. The van der Waals surface area contributed by atoms with Crippen LogP contribution < -0.4 is 5.73 Å². The van der Waals surface area contributed by atoms with Crippen molar-refractivity contribution in [1.29, 1.82) is 0 Å². The first-order valence-electron chi connectivity index (χ1n) is 6.76. The van der Waals surface area contributed by atoms with E-state index in [0.717, 1.165) is 4.90 Å². The maximum Gasteiger partial charge on any atom is 0.141 e. The molecule has 1 aromatic carbocycles. The second kappa shape index (κ2) is 5.83. The van der Waals surface area contributed by atoms with Gasteiger partial charge in [0, 0.05) is 11.1 Å². The standard InChI is InChI=1S/C16H21N3S/c1-9(2)13-6-10(3)11(4)7-14(13)20-15-8-18-12(5)19-16(15)17/h6-9H,1-5H3,(H2,17,18,19). The average molecular weight is 287 g/mol. The first kappa shape index (κ1) is 14.9. The van der Waals surface area contributed by atoms with Crippen molar-refractivity contribution >= 4 is 17.6 Å². The number of hydrogen-bond acceptors (Lipinski definition) is 4. The Kier molecular flexibility index (Phi) is 4.33. The van der Waals surface area contributed by atoms with Gasteiger partial charge in [0.05, 0.1) is 4.90 Å². The minimum Gasteiger partial charge on any atom is -0.383 e. The molecule has 0 saturated heterocycles. The fourth-order valence-electron chi connectivity index (χ4n) is 2.03. The number of hydrogen-bond donors (Lipinski definition) is 1. The summed E-state index contributed by atoms with van der Waals surface area (Å²) in [5.41, 5.74) is 9.96. The van der Waals surface area contributed by atoms with Gasteiger partial charge in [0.25, 0.3) is 0 Å².